The number of anilines is 1. The second-order valence-electron chi connectivity index (χ2n) is 8.42. The third-order valence-electron chi connectivity index (χ3n) is 5.62. The van der Waals surface area contributed by atoms with Crippen molar-refractivity contribution in [1.82, 2.24) is 4.90 Å². The fraction of sp³-hybridized carbons (Fsp3) is 0.148. The summed E-state index contributed by atoms with van der Waals surface area (Å²) >= 11 is 13.7. The van der Waals surface area contributed by atoms with Gasteiger partial charge < -0.3 is 14.8 Å². The maximum Gasteiger partial charge on any atom is 0.416 e. The molecule has 3 amide bonds. The fourth-order valence-electron chi connectivity index (χ4n) is 3.67. The van der Waals surface area contributed by atoms with Gasteiger partial charge in [-0.15, -0.1) is 0 Å². The molecule has 0 bridgehead atoms. The number of amides is 3. The molecule has 1 aliphatic rings. The number of carbonyl (C=O) groups is 3. The number of methoxy groups -OCH3 is 1. The molecule has 0 aliphatic carbocycles. The number of nitrogens with zero attached hydrogens (tertiary/aromatic N) is 1. The van der Waals surface area contributed by atoms with Gasteiger partial charge in [0.2, 0.25) is 5.91 Å². The average molecular weight is 735 g/mol. The van der Waals surface area contributed by atoms with Gasteiger partial charge in [0.05, 0.1) is 32.2 Å². The summed E-state index contributed by atoms with van der Waals surface area (Å²) in [4.78, 5) is 38.9. The van der Waals surface area contributed by atoms with E-state index in [1.807, 2.05) is 18.2 Å². The van der Waals surface area contributed by atoms with Gasteiger partial charge in [-0.3, -0.25) is 19.3 Å². The van der Waals surface area contributed by atoms with Crippen LogP contribution in [-0.4, -0.2) is 35.6 Å². The summed E-state index contributed by atoms with van der Waals surface area (Å²) in [6.45, 7) is -0.493. The lowest BCUT2D eigenvalue weighted by atomic mass is 10.1. The van der Waals surface area contributed by atoms with E-state index in [1.54, 1.807) is 18.2 Å². The van der Waals surface area contributed by atoms with Crippen LogP contribution < -0.4 is 14.8 Å². The van der Waals surface area contributed by atoms with Crippen LogP contribution in [0.3, 0.4) is 0 Å². The Morgan fingerprint density at radius 3 is 2.41 bits per heavy atom. The van der Waals surface area contributed by atoms with Crippen molar-refractivity contribution >= 4 is 84.0 Å². The van der Waals surface area contributed by atoms with Crippen molar-refractivity contribution in [3.8, 4) is 11.5 Å². The Labute approximate surface area is 258 Å². The molecule has 1 saturated heterocycles. The van der Waals surface area contributed by atoms with Crippen LogP contribution in [-0.2, 0) is 22.4 Å². The zero-order chi connectivity index (χ0) is 29.9. The van der Waals surface area contributed by atoms with E-state index >= 15 is 0 Å². The molecule has 0 saturated carbocycles. The fourth-order valence-corrected chi connectivity index (χ4v) is 6.15. The van der Waals surface area contributed by atoms with E-state index in [9.17, 15) is 27.6 Å². The number of imide groups is 1. The number of ether oxygens (including phenoxy) is 2. The highest BCUT2D eigenvalue weighted by atomic mass is 79.9. The van der Waals surface area contributed by atoms with Crippen LogP contribution in [0.15, 0.2) is 68.4 Å². The molecule has 1 heterocycles. The largest absolute Gasteiger partial charge is 0.495 e. The van der Waals surface area contributed by atoms with E-state index in [4.69, 9.17) is 21.1 Å². The first-order valence-electron chi connectivity index (χ1n) is 11.5. The average Bonchev–Trinajstić information content (AvgIpc) is 3.15. The molecule has 1 N–H and O–H groups in total. The third-order valence-corrected chi connectivity index (χ3v) is 8.08. The molecule has 3 aromatic rings. The minimum absolute atomic E-state index is 0.0177. The van der Waals surface area contributed by atoms with Crippen molar-refractivity contribution < 1.29 is 37.0 Å². The lowest BCUT2D eigenvalue weighted by Gasteiger charge is -2.16. The van der Waals surface area contributed by atoms with E-state index in [0.29, 0.717) is 48.0 Å². The van der Waals surface area contributed by atoms with Gasteiger partial charge in [-0.1, -0.05) is 29.8 Å². The molecule has 1 aliphatic heterocycles. The van der Waals surface area contributed by atoms with Crippen molar-refractivity contribution in [3.05, 3.63) is 90.2 Å². The van der Waals surface area contributed by atoms with Crippen LogP contribution in [0.4, 0.5) is 23.7 Å². The van der Waals surface area contributed by atoms with Gasteiger partial charge in [-0.2, -0.15) is 13.2 Å². The van der Waals surface area contributed by atoms with E-state index in [1.165, 1.54) is 13.2 Å². The number of hydrogen-bond acceptors (Lipinski definition) is 6. The van der Waals surface area contributed by atoms with E-state index in [0.717, 1.165) is 17.7 Å². The SMILES string of the molecule is COc1ccc(C(F)(F)F)cc1NC(=O)CN1C(=O)S/C(=C\c2cc(Br)c(OCc3ccccc3Cl)c(Br)c2)C1=O. The number of thioether (sulfide) groups is 1. The number of benzene rings is 3. The maximum atomic E-state index is 13.1. The molecule has 0 aromatic heterocycles. The highest BCUT2D eigenvalue weighted by molar-refractivity contribution is 9.11. The van der Waals surface area contributed by atoms with Crippen LogP contribution in [0.25, 0.3) is 6.08 Å². The normalized spacial score (nSPS) is 14.5. The molecule has 14 heteroatoms. The minimum Gasteiger partial charge on any atom is -0.495 e. The minimum atomic E-state index is -4.65. The van der Waals surface area contributed by atoms with Crippen molar-refractivity contribution in [3.63, 3.8) is 0 Å². The number of carbonyl (C=O) groups excluding carboxylic acids is 3. The van der Waals surface area contributed by atoms with Crippen LogP contribution in [0.5, 0.6) is 11.5 Å². The number of nitrogens with one attached hydrogen (secondary N) is 1. The van der Waals surface area contributed by atoms with E-state index < -0.39 is 35.3 Å². The van der Waals surface area contributed by atoms with Gasteiger partial charge in [0.15, 0.2) is 0 Å². The molecule has 0 spiro atoms. The summed E-state index contributed by atoms with van der Waals surface area (Å²) < 4.78 is 51.4. The summed E-state index contributed by atoms with van der Waals surface area (Å²) in [7, 11) is 1.23. The highest BCUT2D eigenvalue weighted by Crippen LogP contribution is 2.39. The monoisotopic (exact) mass is 732 g/mol. The second kappa shape index (κ2) is 12.9. The summed E-state index contributed by atoms with van der Waals surface area (Å²) in [5.41, 5.74) is 0.0976. The van der Waals surface area contributed by atoms with E-state index in [2.05, 4.69) is 37.2 Å². The first kappa shape index (κ1) is 30.9. The lowest BCUT2D eigenvalue weighted by molar-refractivity contribution is -0.137. The Morgan fingerprint density at radius 1 is 1.10 bits per heavy atom. The Bertz CT molecular complexity index is 1550. The molecule has 41 heavy (non-hydrogen) atoms. The molecule has 0 atom stereocenters. The molecular formula is C27H18Br2ClF3N2O5S. The van der Waals surface area contributed by atoms with Crippen LogP contribution in [0.1, 0.15) is 16.7 Å². The van der Waals surface area contributed by atoms with Crippen LogP contribution in [0.2, 0.25) is 5.02 Å². The molecule has 0 radical (unpaired) electrons. The Hall–Kier alpha value is -3.00. The van der Waals surface area contributed by atoms with Gasteiger partial charge in [0.1, 0.15) is 24.7 Å². The van der Waals surface area contributed by atoms with Gasteiger partial charge in [-0.25, -0.2) is 0 Å². The molecule has 3 aromatic carbocycles. The van der Waals surface area contributed by atoms with E-state index in [-0.39, 0.29) is 22.9 Å². The molecule has 7 nitrogen and oxygen atoms in total. The summed E-state index contributed by atoms with van der Waals surface area (Å²) in [5, 5.41) is 2.14. The van der Waals surface area contributed by atoms with Crippen LogP contribution in [0, 0.1) is 0 Å². The highest BCUT2D eigenvalue weighted by Gasteiger charge is 2.37. The summed E-state index contributed by atoms with van der Waals surface area (Å²) in [5.74, 6) is -1.12. The predicted molar refractivity (Wildman–Crippen MR) is 157 cm³/mol. The Balaban J connectivity index is 1.46. The zero-order valence-electron chi connectivity index (χ0n) is 20.9. The molecule has 214 valence electrons. The summed E-state index contributed by atoms with van der Waals surface area (Å²) in [6.07, 6.45) is -3.17. The first-order chi connectivity index (χ1) is 19.4. The standard InChI is InChI=1S/C27H18Br2ClF3N2O5S/c1-39-21-7-6-16(27(31,32)33)11-20(21)34-23(36)12-35-25(37)22(41-26(35)38)10-14-8-17(28)24(18(29)9-14)40-13-15-4-2-3-5-19(15)30/h2-11H,12-13H2,1H3,(H,34,36)/b22-10-. The number of alkyl halides is 3. The van der Waals surface area contributed by atoms with Gasteiger partial charge >= 0.3 is 6.18 Å². The zero-order valence-corrected chi connectivity index (χ0v) is 25.6. The first-order valence-corrected chi connectivity index (χ1v) is 14.3. The molecule has 0 unspecified atom stereocenters. The Kier molecular flexibility index (Phi) is 9.73. The summed E-state index contributed by atoms with van der Waals surface area (Å²) in [6, 6.07) is 13.2. The number of hydrogen-bond donors (Lipinski definition) is 1. The third kappa shape index (κ3) is 7.45. The predicted octanol–water partition coefficient (Wildman–Crippen LogP) is 8.15. The topological polar surface area (TPSA) is 84.9 Å². The number of rotatable bonds is 8. The number of halogens is 6. The van der Waals surface area contributed by atoms with Gasteiger partial charge in [-0.05, 0) is 91.7 Å². The van der Waals surface area contributed by atoms with Crippen molar-refractivity contribution in [2.75, 3.05) is 19.0 Å². The quantitative estimate of drug-likeness (QED) is 0.235. The molecule has 4 rings (SSSR count). The molecule has 1 fully saturated rings. The molecular weight excluding hydrogens is 717 g/mol. The van der Waals surface area contributed by atoms with Gasteiger partial charge in [0.25, 0.3) is 11.1 Å². The van der Waals surface area contributed by atoms with Crippen molar-refractivity contribution in [2.24, 2.45) is 0 Å². The Morgan fingerprint density at radius 2 is 1.78 bits per heavy atom. The van der Waals surface area contributed by atoms with Crippen molar-refractivity contribution in [2.45, 2.75) is 12.8 Å². The smallest absolute Gasteiger partial charge is 0.416 e. The van der Waals surface area contributed by atoms with Gasteiger partial charge in [0, 0.05) is 10.6 Å². The van der Waals surface area contributed by atoms with Crippen LogP contribution >= 0.6 is 55.2 Å². The second-order valence-corrected chi connectivity index (χ2v) is 11.5. The van der Waals surface area contributed by atoms with Crippen molar-refractivity contribution in [1.29, 1.82) is 0 Å². The lowest BCUT2D eigenvalue weighted by Crippen LogP contribution is -2.36. The maximum absolute atomic E-state index is 13.1.